The molecule has 2 aromatic carbocycles. The number of carbonyl (C=O) groups excluding carboxylic acids is 1. The molecular formula is C24H25N5O. The summed E-state index contributed by atoms with van der Waals surface area (Å²) >= 11 is 0. The number of fused-ring (bicyclic) bond motifs is 1. The lowest BCUT2D eigenvalue weighted by atomic mass is 9.81. The minimum absolute atomic E-state index is 0.131. The largest absolute Gasteiger partial charge is 0.366 e. The molecular weight excluding hydrogens is 374 g/mol. The quantitative estimate of drug-likeness (QED) is 0.683. The maximum Gasteiger partial charge on any atom is 0.253 e. The van der Waals surface area contributed by atoms with Gasteiger partial charge in [-0.2, -0.15) is 5.10 Å². The number of likely N-dealkylation sites (tertiary alicyclic amines) is 1. The summed E-state index contributed by atoms with van der Waals surface area (Å²) in [5, 5.41) is 6.93. The Hall–Kier alpha value is -3.41. The van der Waals surface area contributed by atoms with Crippen molar-refractivity contribution in [3.8, 4) is 11.1 Å². The van der Waals surface area contributed by atoms with Crippen LogP contribution in [0, 0.1) is 5.92 Å². The molecule has 6 nitrogen and oxygen atoms in total. The van der Waals surface area contributed by atoms with Gasteiger partial charge in [0.1, 0.15) is 0 Å². The van der Waals surface area contributed by atoms with Crippen molar-refractivity contribution >= 4 is 17.8 Å². The van der Waals surface area contributed by atoms with E-state index in [4.69, 9.17) is 0 Å². The first-order valence-corrected chi connectivity index (χ1v) is 10.4. The van der Waals surface area contributed by atoms with Gasteiger partial charge in [-0.25, -0.2) is 0 Å². The number of hydrogen-bond acceptors (Lipinski definition) is 4. The molecule has 3 aromatic rings. The van der Waals surface area contributed by atoms with Crippen molar-refractivity contribution in [3.63, 3.8) is 0 Å². The number of aliphatic imine (C=N–C) groups is 1. The van der Waals surface area contributed by atoms with Gasteiger partial charge < -0.3 is 9.80 Å². The normalized spacial score (nSPS) is 20.8. The Morgan fingerprint density at radius 1 is 1.17 bits per heavy atom. The van der Waals surface area contributed by atoms with Gasteiger partial charge in [0, 0.05) is 67.4 Å². The number of aromatic nitrogens is 2. The molecule has 5 rings (SSSR count). The predicted octanol–water partition coefficient (Wildman–Crippen LogP) is 3.48. The van der Waals surface area contributed by atoms with Crippen molar-refractivity contribution in [2.24, 2.45) is 10.9 Å². The van der Waals surface area contributed by atoms with Crippen LogP contribution in [0.4, 0.5) is 5.69 Å². The van der Waals surface area contributed by atoms with Crippen molar-refractivity contribution in [2.75, 3.05) is 31.6 Å². The summed E-state index contributed by atoms with van der Waals surface area (Å²) in [6, 6.07) is 16.4. The van der Waals surface area contributed by atoms with Gasteiger partial charge in [-0.15, -0.1) is 0 Å². The van der Waals surface area contributed by atoms with Crippen molar-refractivity contribution < 1.29 is 4.79 Å². The molecule has 3 heterocycles. The maximum atomic E-state index is 12.9. The Morgan fingerprint density at radius 3 is 2.80 bits per heavy atom. The van der Waals surface area contributed by atoms with Gasteiger partial charge >= 0.3 is 0 Å². The average Bonchev–Trinajstić information content (AvgIpc) is 3.31. The number of H-pyrrole nitrogens is 1. The molecule has 2 unspecified atom stereocenters. The Morgan fingerprint density at radius 2 is 2.03 bits per heavy atom. The third-order valence-electron chi connectivity index (χ3n) is 6.30. The molecule has 2 atom stereocenters. The van der Waals surface area contributed by atoms with E-state index in [1.165, 1.54) is 5.69 Å². The van der Waals surface area contributed by atoms with Crippen LogP contribution in [0.25, 0.3) is 11.1 Å². The zero-order valence-electron chi connectivity index (χ0n) is 17.0. The van der Waals surface area contributed by atoms with E-state index in [-0.39, 0.29) is 5.91 Å². The molecule has 0 saturated carbocycles. The summed E-state index contributed by atoms with van der Waals surface area (Å²) in [5.41, 5.74) is 5.23. The molecule has 152 valence electrons. The zero-order chi connectivity index (χ0) is 20.5. The summed E-state index contributed by atoms with van der Waals surface area (Å²) in [4.78, 5) is 21.7. The van der Waals surface area contributed by atoms with E-state index in [9.17, 15) is 4.79 Å². The van der Waals surface area contributed by atoms with Crippen LogP contribution >= 0.6 is 0 Å². The van der Waals surface area contributed by atoms with Crippen molar-refractivity contribution in [3.05, 3.63) is 72.1 Å². The number of hydrogen-bond donors (Lipinski definition) is 1. The van der Waals surface area contributed by atoms with Crippen LogP contribution < -0.4 is 4.90 Å². The minimum atomic E-state index is 0.131. The maximum absolute atomic E-state index is 12.9. The molecule has 2 saturated heterocycles. The second-order valence-electron chi connectivity index (χ2n) is 8.03. The third-order valence-corrected chi connectivity index (χ3v) is 6.30. The number of carbonyl (C=O) groups is 1. The first kappa shape index (κ1) is 18.6. The summed E-state index contributed by atoms with van der Waals surface area (Å²) < 4.78 is 0. The molecule has 1 amide bonds. The van der Waals surface area contributed by atoms with E-state index in [0.717, 1.165) is 48.3 Å². The Labute approximate surface area is 176 Å². The fourth-order valence-corrected chi connectivity index (χ4v) is 4.67. The van der Waals surface area contributed by atoms with Crippen molar-refractivity contribution in [1.82, 2.24) is 15.1 Å². The minimum Gasteiger partial charge on any atom is -0.366 e. The molecule has 2 fully saturated rings. The number of nitrogens with zero attached hydrogens (tertiary/aromatic N) is 4. The van der Waals surface area contributed by atoms with Crippen LogP contribution in [0.1, 0.15) is 22.3 Å². The molecule has 0 bridgehead atoms. The zero-order valence-corrected chi connectivity index (χ0v) is 17.0. The monoisotopic (exact) mass is 399 g/mol. The van der Waals surface area contributed by atoms with E-state index >= 15 is 0 Å². The first-order valence-electron chi connectivity index (χ1n) is 10.4. The molecule has 6 heteroatoms. The number of rotatable bonds is 4. The molecule has 1 aromatic heterocycles. The lowest BCUT2D eigenvalue weighted by molar-refractivity contribution is 0.0592. The number of anilines is 1. The lowest BCUT2D eigenvalue weighted by Crippen LogP contribution is -2.65. The van der Waals surface area contributed by atoms with E-state index in [1.807, 2.05) is 53.8 Å². The predicted molar refractivity (Wildman–Crippen MR) is 119 cm³/mol. The van der Waals surface area contributed by atoms with Crippen LogP contribution in [0.2, 0.25) is 0 Å². The van der Waals surface area contributed by atoms with Crippen LogP contribution in [0.15, 0.2) is 65.9 Å². The smallest absolute Gasteiger partial charge is 0.253 e. The van der Waals surface area contributed by atoms with Crippen LogP contribution in [0.3, 0.4) is 0 Å². The first-order chi connectivity index (χ1) is 14.7. The summed E-state index contributed by atoms with van der Waals surface area (Å²) in [7, 11) is 1.80. The number of amides is 1. The Bertz CT molecular complexity index is 1060. The molecule has 0 aliphatic carbocycles. The van der Waals surface area contributed by atoms with Crippen LogP contribution in [0.5, 0.6) is 0 Å². The highest BCUT2D eigenvalue weighted by Crippen LogP contribution is 2.39. The van der Waals surface area contributed by atoms with Gasteiger partial charge in [0.25, 0.3) is 5.91 Å². The summed E-state index contributed by atoms with van der Waals surface area (Å²) in [6.07, 6.45) is 6.71. The third kappa shape index (κ3) is 3.28. The topological polar surface area (TPSA) is 64.6 Å². The molecule has 30 heavy (non-hydrogen) atoms. The molecule has 2 aliphatic rings. The fraction of sp³-hybridized carbons (Fsp3) is 0.292. The number of nitrogens with one attached hydrogen (secondary N) is 1. The highest BCUT2D eigenvalue weighted by Gasteiger charge is 2.44. The number of aromatic amines is 1. The van der Waals surface area contributed by atoms with Crippen LogP contribution in [-0.4, -0.2) is 59.9 Å². The Kier molecular flexibility index (Phi) is 4.83. The van der Waals surface area contributed by atoms with Gasteiger partial charge in [0.2, 0.25) is 0 Å². The van der Waals surface area contributed by atoms with E-state index in [2.05, 4.69) is 38.3 Å². The Balaban J connectivity index is 1.38. The molecule has 0 radical (unpaired) electrons. The number of piperidine rings is 1. The van der Waals surface area contributed by atoms with Gasteiger partial charge in [0.05, 0.1) is 12.2 Å². The van der Waals surface area contributed by atoms with Gasteiger partial charge in [-0.1, -0.05) is 24.3 Å². The summed E-state index contributed by atoms with van der Waals surface area (Å²) in [6.45, 7) is 2.64. The molecule has 1 N–H and O–H groups in total. The molecule has 0 spiro atoms. The second kappa shape index (κ2) is 7.78. The lowest BCUT2D eigenvalue weighted by Gasteiger charge is -2.55. The van der Waals surface area contributed by atoms with Crippen molar-refractivity contribution in [2.45, 2.75) is 12.5 Å². The number of benzene rings is 2. The molecule has 2 aliphatic heterocycles. The van der Waals surface area contributed by atoms with Gasteiger partial charge in [-0.05, 0) is 36.2 Å². The second-order valence-corrected chi connectivity index (χ2v) is 8.03. The highest BCUT2D eigenvalue weighted by atomic mass is 16.2. The van der Waals surface area contributed by atoms with E-state index in [1.54, 1.807) is 7.05 Å². The highest BCUT2D eigenvalue weighted by molar-refractivity contribution is 5.94. The van der Waals surface area contributed by atoms with E-state index < -0.39 is 0 Å². The van der Waals surface area contributed by atoms with Gasteiger partial charge in [-0.3, -0.25) is 14.9 Å². The SMILES string of the molecule is CN=Cc1cc(-c2cn[nH]c2)ccc1N1CC2CCN(C(=O)c3ccccc3)CC21. The van der Waals surface area contributed by atoms with Crippen molar-refractivity contribution in [1.29, 1.82) is 0 Å². The average molecular weight is 399 g/mol. The standard InChI is InChI=1S/C24H25N5O/c1-25-12-20-11-18(21-13-26-27-14-21)7-8-22(20)29-15-19-9-10-28(16-23(19)29)24(30)17-5-3-2-4-6-17/h2-8,11-14,19,23H,9-10,15-16H2,1H3,(H,26,27). The van der Waals surface area contributed by atoms with Crippen LogP contribution in [-0.2, 0) is 0 Å². The van der Waals surface area contributed by atoms with E-state index in [0.29, 0.717) is 12.0 Å². The van der Waals surface area contributed by atoms with Gasteiger partial charge in [0.15, 0.2) is 0 Å². The summed E-state index contributed by atoms with van der Waals surface area (Å²) in [5.74, 6) is 0.774. The fourth-order valence-electron chi connectivity index (χ4n) is 4.67.